The van der Waals surface area contributed by atoms with Crippen LogP contribution in [0.2, 0.25) is 5.02 Å². The fourth-order valence-electron chi connectivity index (χ4n) is 1.83. The predicted octanol–water partition coefficient (Wildman–Crippen LogP) is 4.18. The first kappa shape index (κ1) is 14.9. The summed E-state index contributed by atoms with van der Waals surface area (Å²) in [6.45, 7) is 1.92. The van der Waals surface area contributed by atoms with Gasteiger partial charge in [-0.25, -0.2) is 0 Å². The summed E-state index contributed by atoms with van der Waals surface area (Å²) in [4.78, 5) is 12.2. The van der Waals surface area contributed by atoms with E-state index >= 15 is 0 Å². The molecule has 20 heavy (non-hydrogen) atoms. The Kier molecular flexibility index (Phi) is 4.68. The highest BCUT2D eigenvalue weighted by Crippen LogP contribution is 2.24. The third-order valence-electron chi connectivity index (χ3n) is 2.99. The van der Waals surface area contributed by atoms with Gasteiger partial charge in [0.2, 0.25) is 0 Å². The molecule has 0 radical (unpaired) electrons. The van der Waals surface area contributed by atoms with E-state index < -0.39 is 0 Å². The molecule has 0 aliphatic rings. The maximum atomic E-state index is 12.2. The third kappa shape index (κ3) is 3.32. The van der Waals surface area contributed by atoms with Crippen molar-refractivity contribution in [1.29, 1.82) is 0 Å². The molecule has 5 heteroatoms. The van der Waals surface area contributed by atoms with Crippen LogP contribution in [0.25, 0.3) is 0 Å². The van der Waals surface area contributed by atoms with Crippen LogP contribution in [0.1, 0.15) is 28.9 Å². The number of carbonyl (C=O) groups is 1. The van der Waals surface area contributed by atoms with Crippen LogP contribution in [-0.2, 0) is 0 Å². The van der Waals surface area contributed by atoms with Crippen LogP contribution in [0.3, 0.4) is 0 Å². The normalized spacial score (nSPS) is 11.9. The Morgan fingerprint density at radius 3 is 2.55 bits per heavy atom. The van der Waals surface area contributed by atoms with Gasteiger partial charge in [0.05, 0.1) is 22.3 Å². The van der Waals surface area contributed by atoms with Crippen molar-refractivity contribution in [3.63, 3.8) is 0 Å². The summed E-state index contributed by atoms with van der Waals surface area (Å²) in [5.74, 6) is -0.238. The molecule has 0 saturated carbocycles. The van der Waals surface area contributed by atoms with Crippen LogP contribution in [0.15, 0.2) is 46.9 Å². The van der Waals surface area contributed by atoms with Crippen molar-refractivity contribution < 1.29 is 4.79 Å². The highest BCUT2D eigenvalue weighted by molar-refractivity contribution is 9.10. The summed E-state index contributed by atoms with van der Waals surface area (Å²) in [6.07, 6.45) is 0. The average molecular weight is 354 g/mol. The second kappa shape index (κ2) is 6.29. The van der Waals surface area contributed by atoms with E-state index in [2.05, 4.69) is 21.2 Å². The molecule has 3 N–H and O–H groups in total. The van der Waals surface area contributed by atoms with E-state index in [1.54, 1.807) is 18.2 Å². The van der Waals surface area contributed by atoms with E-state index in [9.17, 15) is 4.79 Å². The van der Waals surface area contributed by atoms with E-state index in [-0.39, 0.29) is 17.0 Å². The Balaban J connectivity index is 2.15. The molecule has 1 amide bonds. The van der Waals surface area contributed by atoms with Gasteiger partial charge in [0.1, 0.15) is 0 Å². The lowest BCUT2D eigenvalue weighted by Gasteiger charge is -2.15. The fourth-order valence-corrected chi connectivity index (χ4v) is 2.31. The number of amides is 1. The van der Waals surface area contributed by atoms with Crippen molar-refractivity contribution in [3.05, 3.63) is 63.1 Å². The van der Waals surface area contributed by atoms with Crippen molar-refractivity contribution in [2.24, 2.45) is 0 Å². The molecule has 1 atom stereocenters. The summed E-state index contributed by atoms with van der Waals surface area (Å²) < 4.78 is 0.999. The minimum atomic E-state index is -0.238. The molecule has 0 heterocycles. The van der Waals surface area contributed by atoms with Gasteiger partial charge < -0.3 is 11.1 Å². The number of rotatable bonds is 3. The Hall–Kier alpha value is -1.52. The van der Waals surface area contributed by atoms with Gasteiger partial charge in [0.15, 0.2) is 0 Å². The van der Waals surface area contributed by atoms with Crippen LogP contribution in [0.4, 0.5) is 5.69 Å². The number of carbonyl (C=O) groups excluding carboxylic acids is 1. The zero-order chi connectivity index (χ0) is 14.7. The summed E-state index contributed by atoms with van der Waals surface area (Å²) >= 11 is 9.43. The first-order valence-corrected chi connectivity index (χ1v) is 7.26. The van der Waals surface area contributed by atoms with Crippen molar-refractivity contribution in [1.82, 2.24) is 5.32 Å². The molecule has 2 rings (SSSR count). The van der Waals surface area contributed by atoms with Crippen molar-refractivity contribution >= 4 is 39.1 Å². The average Bonchev–Trinajstić information content (AvgIpc) is 2.42. The highest BCUT2D eigenvalue weighted by Gasteiger charge is 2.15. The lowest BCUT2D eigenvalue weighted by Crippen LogP contribution is -2.27. The summed E-state index contributed by atoms with van der Waals surface area (Å²) in [5, 5.41) is 3.19. The molecule has 0 bridgehead atoms. The van der Waals surface area contributed by atoms with Gasteiger partial charge in [-0.15, -0.1) is 0 Å². The van der Waals surface area contributed by atoms with Gasteiger partial charge in [-0.1, -0.05) is 45.7 Å². The number of nitrogens with two attached hydrogens (primary N) is 1. The van der Waals surface area contributed by atoms with Gasteiger partial charge in [0.25, 0.3) is 5.91 Å². The monoisotopic (exact) mass is 352 g/mol. The number of halogens is 2. The van der Waals surface area contributed by atoms with Gasteiger partial charge in [-0.3, -0.25) is 4.79 Å². The molecule has 2 aromatic carbocycles. The molecule has 0 spiro atoms. The molecule has 3 nitrogen and oxygen atoms in total. The predicted molar refractivity (Wildman–Crippen MR) is 85.9 cm³/mol. The quantitative estimate of drug-likeness (QED) is 0.813. The minimum Gasteiger partial charge on any atom is -0.398 e. The molecule has 2 aromatic rings. The fraction of sp³-hybridized carbons (Fsp3) is 0.133. The summed E-state index contributed by atoms with van der Waals surface area (Å²) in [6, 6.07) is 12.7. The maximum absolute atomic E-state index is 12.2. The van der Waals surface area contributed by atoms with Gasteiger partial charge in [-0.05, 0) is 36.8 Å². The zero-order valence-corrected chi connectivity index (χ0v) is 13.2. The second-order valence-corrected chi connectivity index (χ2v) is 5.75. The zero-order valence-electron chi connectivity index (χ0n) is 10.9. The number of hydrogen-bond acceptors (Lipinski definition) is 2. The molecular weight excluding hydrogens is 340 g/mol. The standard InChI is InChI=1S/C15H14BrClN2O/c1-9(10-5-7-11(16)8-6-10)19-15(20)12-3-2-4-13(18)14(12)17/h2-9H,18H2,1H3,(H,19,20)/t9-/m1/s1. The van der Waals surface area contributed by atoms with E-state index in [0.29, 0.717) is 11.3 Å². The number of hydrogen-bond donors (Lipinski definition) is 2. The Labute approximate surface area is 131 Å². The van der Waals surface area contributed by atoms with E-state index in [4.69, 9.17) is 17.3 Å². The summed E-state index contributed by atoms with van der Waals surface area (Å²) in [5.41, 5.74) is 7.50. The Morgan fingerprint density at radius 1 is 1.25 bits per heavy atom. The highest BCUT2D eigenvalue weighted by atomic mass is 79.9. The molecule has 0 fully saturated rings. The largest absolute Gasteiger partial charge is 0.398 e. The van der Waals surface area contributed by atoms with Crippen molar-refractivity contribution in [3.8, 4) is 0 Å². The number of nitrogen functional groups attached to an aromatic ring is 1. The van der Waals surface area contributed by atoms with Crippen molar-refractivity contribution in [2.75, 3.05) is 5.73 Å². The van der Waals surface area contributed by atoms with E-state index in [0.717, 1.165) is 10.0 Å². The molecule has 0 aromatic heterocycles. The van der Waals surface area contributed by atoms with Crippen LogP contribution in [0.5, 0.6) is 0 Å². The van der Waals surface area contributed by atoms with Crippen LogP contribution < -0.4 is 11.1 Å². The smallest absolute Gasteiger partial charge is 0.253 e. The lowest BCUT2D eigenvalue weighted by atomic mass is 10.1. The van der Waals surface area contributed by atoms with Gasteiger partial charge >= 0.3 is 0 Å². The van der Waals surface area contributed by atoms with Crippen molar-refractivity contribution in [2.45, 2.75) is 13.0 Å². The van der Waals surface area contributed by atoms with Gasteiger partial charge in [0, 0.05) is 4.47 Å². The second-order valence-electron chi connectivity index (χ2n) is 4.46. The number of anilines is 1. The lowest BCUT2D eigenvalue weighted by molar-refractivity contribution is 0.0940. The Bertz CT molecular complexity index is 628. The van der Waals surface area contributed by atoms with E-state index in [1.165, 1.54) is 0 Å². The third-order valence-corrected chi connectivity index (χ3v) is 3.94. The maximum Gasteiger partial charge on any atom is 0.253 e. The van der Waals surface area contributed by atoms with E-state index in [1.807, 2.05) is 31.2 Å². The molecule has 0 saturated heterocycles. The molecule has 0 unspecified atom stereocenters. The topological polar surface area (TPSA) is 55.1 Å². The first-order valence-electron chi connectivity index (χ1n) is 6.09. The molecule has 104 valence electrons. The Morgan fingerprint density at radius 2 is 1.90 bits per heavy atom. The molecular formula is C15H14BrClN2O. The van der Waals surface area contributed by atoms with Crippen LogP contribution in [-0.4, -0.2) is 5.91 Å². The number of benzene rings is 2. The SMILES string of the molecule is C[C@@H](NC(=O)c1cccc(N)c1Cl)c1ccc(Br)cc1. The van der Waals surface area contributed by atoms with Crippen LogP contribution in [0, 0.1) is 0 Å². The van der Waals surface area contributed by atoms with Crippen LogP contribution >= 0.6 is 27.5 Å². The molecule has 0 aliphatic heterocycles. The minimum absolute atomic E-state index is 0.118. The summed E-state index contributed by atoms with van der Waals surface area (Å²) in [7, 11) is 0. The number of nitrogens with one attached hydrogen (secondary N) is 1. The molecule has 0 aliphatic carbocycles. The first-order chi connectivity index (χ1) is 9.49. The van der Waals surface area contributed by atoms with Gasteiger partial charge in [-0.2, -0.15) is 0 Å².